The van der Waals surface area contributed by atoms with Gasteiger partial charge in [-0.15, -0.1) is 5.10 Å². The number of aromatic nitrogens is 3. The van der Waals surface area contributed by atoms with Crippen LogP contribution in [0.1, 0.15) is 18.2 Å². The van der Waals surface area contributed by atoms with Gasteiger partial charge in [-0.25, -0.2) is 9.50 Å². The lowest BCUT2D eigenvalue weighted by Gasteiger charge is -2.03. The van der Waals surface area contributed by atoms with E-state index in [9.17, 15) is 4.79 Å². The van der Waals surface area contributed by atoms with Gasteiger partial charge < -0.3 is 9.73 Å². The van der Waals surface area contributed by atoms with Crippen molar-refractivity contribution in [2.24, 2.45) is 0 Å². The summed E-state index contributed by atoms with van der Waals surface area (Å²) in [6.45, 7) is 2.17. The molecule has 0 spiro atoms. The first-order valence-corrected chi connectivity index (χ1v) is 8.70. The predicted octanol–water partition coefficient (Wildman–Crippen LogP) is 3.79. The highest BCUT2D eigenvalue weighted by molar-refractivity contribution is 7.20. The van der Waals surface area contributed by atoms with Crippen LogP contribution in [0.2, 0.25) is 0 Å². The fraction of sp³-hybridized carbons (Fsp3) is 0.167. The van der Waals surface area contributed by atoms with Gasteiger partial charge in [-0.3, -0.25) is 4.79 Å². The van der Waals surface area contributed by atoms with Crippen LogP contribution in [-0.4, -0.2) is 20.4 Å². The first-order chi connectivity index (χ1) is 12.2. The van der Waals surface area contributed by atoms with Crippen LogP contribution in [0.25, 0.3) is 16.2 Å². The lowest BCUT2D eigenvalue weighted by Crippen LogP contribution is -1.99. The second-order valence-corrected chi connectivity index (χ2v) is 6.71. The van der Waals surface area contributed by atoms with Crippen LogP contribution < -0.4 is 5.32 Å². The number of benzene rings is 1. The fourth-order valence-electron chi connectivity index (χ4n) is 2.66. The molecule has 4 rings (SSSR count). The van der Waals surface area contributed by atoms with Gasteiger partial charge in [-0.05, 0) is 30.7 Å². The largest absolute Gasteiger partial charge is 0.467 e. The number of imidazole rings is 1. The maximum Gasteiger partial charge on any atom is 0.214 e. The number of anilines is 1. The second-order valence-electron chi connectivity index (χ2n) is 5.76. The standard InChI is InChI=1S/C18H16N4O2S/c1-12(23)8-13-4-2-5-14(9-13)16-11-20-18-22(16)21-17(25-18)19-10-15-6-3-7-24-15/h2-7,9,11H,8,10H2,1H3,(H,19,21). The summed E-state index contributed by atoms with van der Waals surface area (Å²) in [6.07, 6.45) is 3.89. The summed E-state index contributed by atoms with van der Waals surface area (Å²) in [4.78, 5) is 16.6. The van der Waals surface area contributed by atoms with E-state index in [1.807, 2.05) is 47.1 Å². The number of ketones is 1. The van der Waals surface area contributed by atoms with Crippen LogP contribution in [0, 0.1) is 0 Å². The molecule has 1 N–H and O–H groups in total. The zero-order valence-corrected chi connectivity index (χ0v) is 14.4. The average Bonchev–Trinajstić information content (AvgIpc) is 3.29. The van der Waals surface area contributed by atoms with Gasteiger partial charge in [0.2, 0.25) is 10.1 Å². The predicted molar refractivity (Wildman–Crippen MR) is 96.7 cm³/mol. The van der Waals surface area contributed by atoms with Crippen molar-refractivity contribution in [3.63, 3.8) is 0 Å². The minimum Gasteiger partial charge on any atom is -0.467 e. The van der Waals surface area contributed by atoms with Crippen LogP contribution in [0.4, 0.5) is 5.13 Å². The Morgan fingerprint density at radius 1 is 1.32 bits per heavy atom. The Labute approximate surface area is 148 Å². The second kappa shape index (κ2) is 6.52. The molecular weight excluding hydrogens is 336 g/mol. The fourth-order valence-corrected chi connectivity index (χ4v) is 3.44. The van der Waals surface area contributed by atoms with Crippen molar-refractivity contribution in [1.82, 2.24) is 14.6 Å². The van der Waals surface area contributed by atoms with Crippen LogP contribution >= 0.6 is 11.3 Å². The number of hydrogen-bond acceptors (Lipinski definition) is 6. The molecule has 3 aromatic heterocycles. The van der Waals surface area contributed by atoms with Gasteiger partial charge in [0, 0.05) is 12.0 Å². The van der Waals surface area contributed by atoms with Crippen molar-refractivity contribution >= 4 is 27.2 Å². The molecule has 25 heavy (non-hydrogen) atoms. The molecule has 0 unspecified atom stereocenters. The molecule has 0 saturated carbocycles. The van der Waals surface area contributed by atoms with Gasteiger partial charge in [-0.1, -0.05) is 29.5 Å². The van der Waals surface area contributed by atoms with Gasteiger partial charge in [0.15, 0.2) is 0 Å². The van der Waals surface area contributed by atoms with Crippen molar-refractivity contribution in [3.05, 3.63) is 60.2 Å². The van der Waals surface area contributed by atoms with Crippen molar-refractivity contribution < 1.29 is 9.21 Å². The van der Waals surface area contributed by atoms with Crippen molar-refractivity contribution in [2.45, 2.75) is 19.9 Å². The number of Topliss-reactive ketones (excluding diaryl/α,β-unsaturated/α-hetero) is 1. The molecule has 0 bridgehead atoms. The molecule has 0 fully saturated rings. The van der Waals surface area contributed by atoms with E-state index in [1.54, 1.807) is 13.2 Å². The summed E-state index contributed by atoms with van der Waals surface area (Å²) < 4.78 is 7.13. The van der Waals surface area contributed by atoms with E-state index >= 15 is 0 Å². The zero-order valence-electron chi connectivity index (χ0n) is 13.6. The molecule has 0 radical (unpaired) electrons. The highest BCUT2D eigenvalue weighted by Crippen LogP contribution is 2.27. The number of furan rings is 1. The third-order valence-electron chi connectivity index (χ3n) is 3.76. The van der Waals surface area contributed by atoms with Crippen LogP contribution in [0.15, 0.2) is 53.3 Å². The molecule has 0 atom stereocenters. The number of carbonyl (C=O) groups is 1. The molecular formula is C18H16N4O2S. The summed E-state index contributed by atoms with van der Waals surface area (Å²) in [7, 11) is 0. The molecule has 7 heteroatoms. The van der Waals surface area contributed by atoms with Crippen molar-refractivity contribution in [3.8, 4) is 11.3 Å². The zero-order chi connectivity index (χ0) is 17.2. The summed E-state index contributed by atoms with van der Waals surface area (Å²) in [5.74, 6) is 0.999. The summed E-state index contributed by atoms with van der Waals surface area (Å²) in [6, 6.07) is 11.7. The molecule has 0 aliphatic rings. The summed E-state index contributed by atoms with van der Waals surface area (Å²) in [5.41, 5.74) is 2.89. The average molecular weight is 352 g/mol. The topological polar surface area (TPSA) is 72.4 Å². The minimum atomic E-state index is 0.147. The maximum absolute atomic E-state index is 11.4. The maximum atomic E-state index is 11.4. The molecule has 1 aromatic carbocycles. The highest BCUT2D eigenvalue weighted by Gasteiger charge is 2.12. The van der Waals surface area contributed by atoms with E-state index in [4.69, 9.17) is 4.42 Å². The van der Waals surface area contributed by atoms with E-state index in [0.717, 1.165) is 32.7 Å². The van der Waals surface area contributed by atoms with E-state index in [1.165, 1.54) is 11.3 Å². The lowest BCUT2D eigenvalue weighted by atomic mass is 10.0. The molecule has 126 valence electrons. The van der Waals surface area contributed by atoms with E-state index in [-0.39, 0.29) is 5.78 Å². The first-order valence-electron chi connectivity index (χ1n) is 7.88. The molecule has 4 aromatic rings. The number of nitrogens with one attached hydrogen (secondary N) is 1. The normalized spacial score (nSPS) is 11.1. The third kappa shape index (κ3) is 3.32. The van der Waals surface area contributed by atoms with E-state index < -0.39 is 0 Å². The summed E-state index contributed by atoms with van der Waals surface area (Å²) in [5, 5.41) is 8.62. The van der Waals surface area contributed by atoms with Gasteiger partial charge >= 0.3 is 0 Å². The van der Waals surface area contributed by atoms with E-state index in [2.05, 4.69) is 15.4 Å². The quantitative estimate of drug-likeness (QED) is 0.571. The Kier molecular flexibility index (Phi) is 4.07. The van der Waals surface area contributed by atoms with E-state index in [0.29, 0.717) is 13.0 Å². The molecule has 6 nitrogen and oxygen atoms in total. The SMILES string of the molecule is CC(=O)Cc1cccc(-c2cnc3sc(NCc4ccco4)nn23)c1. The summed E-state index contributed by atoms with van der Waals surface area (Å²) >= 11 is 1.48. The molecule has 3 heterocycles. The van der Waals surface area contributed by atoms with Crippen molar-refractivity contribution in [2.75, 3.05) is 5.32 Å². The number of fused-ring (bicyclic) bond motifs is 1. The van der Waals surface area contributed by atoms with Crippen LogP contribution in [0.5, 0.6) is 0 Å². The monoisotopic (exact) mass is 352 g/mol. The smallest absolute Gasteiger partial charge is 0.214 e. The Bertz CT molecular complexity index is 1020. The Balaban J connectivity index is 1.61. The van der Waals surface area contributed by atoms with Gasteiger partial charge in [0.25, 0.3) is 0 Å². The number of hydrogen-bond donors (Lipinski definition) is 1. The minimum absolute atomic E-state index is 0.147. The van der Waals surface area contributed by atoms with Crippen molar-refractivity contribution in [1.29, 1.82) is 0 Å². The third-order valence-corrected chi connectivity index (χ3v) is 4.64. The van der Waals surface area contributed by atoms with Gasteiger partial charge in [0.05, 0.1) is 24.7 Å². The molecule has 0 aliphatic carbocycles. The Morgan fingerprint density at radius 3 is 3.04 bits per heavy atom. The number of nitrogens with zero attached hydrogens (tertiary/aromatic N) is 3. The van der Waals surface area contributed by atoms with Crippen LogP contribution in [0.3, 0.4) is 0 Å². The number of rotatable bonds is 6. The molecule has 0 aliphatic heterocycles. The number of carbonyl (C=O) groups excluding carboxylic acids is 1. The van der Waals surface area contributed by atoms with Crippen LogP contribution in [-0.2, 0) is 17.8 Å². The van der Waals surface area contributed by atoms with Gasteiger partial charge in [-0.2, -0.15) is 0 Å². The highest BCUT2D eigenvalue weighted by atomic mass is 32.1. The van der Waals surface area contributed by atoms with Gasteiger partial charge in [0.1, 0.15) is 11.5 Å². The molecule has 0 saturated heterocycles. The molecule has 0 amide bonds. The Hall–Kier alpha value is -2.93. The Morgan fingerprint density at radius 2 is 2.24 bits per heavy atom. The lowest BCUT2D eigenvalue weighted by molar-refractivity contribution is -0.116. The first kappa shape index (κ1) is 15.6.